The smallest absolute Gasteiger partial charge is 0.355 e. The Labute approximate surface area is 205 Å². The molecule has 0 N–H and O–H groups in total. The van der Waals surface area contributed by atoms with Crippen LogP contribution in [-0.2, 0) is 27.8 Å². The molecule has 0 atom stereocenters. The summed E-state index contributed by atoms with van der Waals surface area (Å²) >= 11 is 0. The molecule has 9 nitrogen and oxygen atoms in total. The van der Waals surface area contributed by atoms with Gasteiger partial charge < -0.3 is 18.5 Å². The number of carbonyl (C=O) groups is 2. The molecule has 0 fully saturated rings. The molecule has 2 aromatic heterocycles. The van der Waals surface area contributed by atoms with Crippen LogP contribution in [0.25, 0.3) is 0 Å². The minimum atomic E-state index is -4.07. The molecule has 0 amide bonds. The third-order valence-electron chi connectivity index (χ3n) is 5.76. The lowest BCUT2D eigenvalue weighted by molar-refractivity contribution is 0.0512. The normalized spacial score (nSPS) is 11.6. The molecule has 10 heteroatoms. The summed E-state index contributed by atoms with van der Waals surface area (Å²) in [5.74, 6) is -0.0494. The fourth-order valence-corrected chi connectivity index (χ4v) is 5.46. The van der Waals surface area contributed by atoms with E-state index >= 15 is 0 Å². The fourth-order valence-electron chi connectivity index (χ4n) is 4.10. The van der Waals surface area contributed by atoms with Gasteiger partial charge in [-0.15, -0.1) is 0 Å². The first-order valence-electron chi connectivity index (χ1n) is 11.2. The number of methoxy groups -OCH3 is 1. The predicted molar refractivity (Wildman–Crippen MR) is 129 cm³/mol. The molecule has 188 valence electrons. The molecule has 2 heterocycles. The average molecular weight is 503 g/mol. The third-order valence-corrected chi connectivity index (χ3v) is 7.57. The Morgan fingerprint density at radius 2 is 1.77 bits per heavy atom. The van der Waals surface area contributed by atoms with Crippen molar-refractivity contribution in [1.82, 2.24) is 8.87 Å². The van der Waals surface area contributed by atoms with Crippen LogP contribution in [0.4, 0.5) is 0 Å². The van der Waals surface area contributed by atoms with Gasteiger partial charge in [0.05, 0.1) is 38.0 Å². The van der Waals surface area contributed by atoms with Crippen molar-refractivity contribution >= 4 is 21.8 Å². The molecular formula is C25H30N2O7S. The van der Waals surface area contributed by atoms with Crippen LogP contribution >= 0.6 is 0 Å². The molecule has 1 aromatic carbocycles. The molecular weight excluding hydrogens is 472 g/mol. The lowest BCUT2D eigenvalue weighted by Crippen LogP contribution is -2.35. The van der Waals surface area contributed by atoms with Gasteiger partial charge in [-0.1, -0.05) is 0 Å². The van der Waals surface area contributed by atoms with Gasteiger partial charge in [0.1, 0.15) is 17.2 Å². The Hall–Kier alpha value is -3.37. The zero-order valence-corrected chi connectivity index (χ0v) is 21.3. The van der Waals surface area contributed by atoms with Crippen LogP contribution in [0.15, 0.2) is 52.0 Å². The van der Waals surface area contributed by atoms with Crippen molar-refractivity contribution in [2.24, 2.45) is 0 Å². The highest BCUT2D eigenvalue weighted by Gasteiger charge is 2.32. The zero-order valence-electron chi connectivity index (χ0n) is 20.5. The van der Waals surface area contributed by atoms with E-state index in [1.54, 1.807) is 49.6 Å². The van der Waals surface area contributed by atoms with Crippen LogP contribution in [0.2, 0.25) is 0 Å². The maximum atomic E-state index is 13.5. The highest BCUT2D eigenvalue weighted by atomic mass is 32.2. The number of aromatic nitrogens is 1. The number of carbonyl (C=O) groups excluding carboxylic acids is 2. The lowest BCUT2D eigenvalue weighted by Gasteiger charge is -2.21. The van der Waals surface area contributed by atoms with Crippen molar-refractivity contribution in [3.05, 3.63) is 70.9 Å². The van der Waals surface area contributed by atoms with Gasteiger partial charge in [0.25, 0.3) is 0 Å². The number of benzene rings is 1. The number of nitrogens with zero attached hydrogens (tertiary/aromatic N) is 2. The number of ether oxygens (including phenoxy) is 2. The minimum absolute atomic E-state index is 0.0180. The molecule has 0 aliphatic rings. The molecule has 0 aliphatic carbocycles. The summed E-state index contributed by atoms with van der Waals surface area (Å²) in [5.41, 5.74) is 1.65. The second-order valence-electron chi connectivity index (χ2n) is 7.85. The summed E-state index contributed by atoms with van der Waals surface area (Å²) in [6.45, 7) is 7.06. The van der Waals surface area contributed by atoms with E-state index in [0.717, 1.165) is 4.31 Å². The van der Waals surface area contributed by atoms with E-state index in [-0.39, 0.29) is 18.0 Å². The minimum Gasteiger partial charge on any atom is -0.497 e. The van der Waals surface area contributed by atoms with Crippen LogP contribution in [-0.4, -0.2) is 49.3 Å². The number of Topliss-reactive ketones (excluding diaryl/α,β-unsaturated/α-hetero) is 1. The first kappa shape index (κ1) is 26.2. The summed E-state index contributed by atoms with van der Waals surface area (Å²) in [6, 6.07) is 9.23. The maximum Gasteiger partial charge on any atom is 0.355 e. The van der Waals surface area contributed by atoms with Crippen molar-refractivity contribution in [2.45, 2.75) is 45.7 Å². The van der Waals surface area contributed by atoms with Gasteiger partial charge >= 0.3 is 5.97 Å². The van der Waals surface area contributed by atoms with Crippen LogP contribution in [0.5, 0.6) is 5.75 Å². The predicted octanol–water partition coefficient (Wildman–Crippen LogP) is 3.98. The molecule has 0 saturated heterocycles. The van der Waals surface area contributed by atoms with E-state index in [9.17, 15) is 18.0 Å². The number of sulfonamides is 1. The van der Waals surface area contributed by atoms with E-state index in [0.29, 0.717) is 40.6 Å². The first-order valence-corrected chi connectivity index (χ1v) is 12.7. The largest absolute Gasteiger partial charge is 0.497 e. The molecule has 0 aliphatic heterocycles. The SMILES string of the molecule is CCOC(=O)c1c(C)c(C(=O)CN(Cc2ccco2)S(=O)(=O)c2ccc(OC)cc2)c(C)n1CC. The van der Waals surface area contributed by atoms with E-state index in [1.807, 2.05) is 6.92 Å². The average Bonchev–Trinajstić information content (AvgIpc) is 3.43. The van der Waals surface area contributed by atoms with E-state index in [4.69, 9.17) is 13.9 Å². The summed E-state index contributed by atoms with van der Waals surface area (Å²) in [4.78, 5) is 26.1. The number of esters is 1. The second-order valence-corrected chi connectivity index (χ2v) is 9.79. The summed E-state index contributed by atoms with van der Waals surface area (Å²) in [7, 11) is -2.58. The standard InChI is InChI=1S/C25H30N2O7S/c1-6-27-18(4)23(17(3)24(27)25(29)33-7-2)22(28)16-26(15-20-9-8-14-34-20)35(30,31)21-12-10-19(32-5)11-13-21/h8-14H,6-7,15-16H2,1-5H3. The van der Waals surface area contributed by atoms with E-state index in [1.165, 1.54) is 25.5 Å². The van der Waals surface area contributed by atoms with Crippen LogP contribution in [0.3, 0.4) is 0 Å². The number of rotatable bonds is 11. The van der Waals surface area contributed by atoms with Gasteiger partial charge in [0.15, 0.2) is 5.78 Å². The Balaban J connectivity index is 2.02. The first-order chi connectivity index (χ1) is 16.6. The zero-order chi connectivity index (χ0) is 25.8. The summed E-state index contributed by atoms with van der Waals surface area (Å²) < 4.78 is 45.5. The fraction of sp³-hybridized carbons (Fsp3) is 0.360. The Morgan fingerprint density at radius 1 is 1.09 bits per heavy atom. The van der Waals surface area contributed by atoms with Gasteiger partial charge in [-0.2, -0.15) is 4.31 Å². The summed E-state index contributed by atoms with van der Waals surface area (Å²) in [6.07, 6.45) is 1.44. The molecule has 3 aromatic rings. The van der Waals surface area contributed by atoms with Gasteiger partial charge in [0.2, 0.25) is 10.0 Å². The van der Waals surface area contributed by atoms with Gasteiger partial charge in [0, 0.05) is 17.8 Å². The maximum absolute atomic E-state index is 13.5. The number of hydrogen-bond donors (Lipinski definition) is 0. The quantitative estimate of drug-likeness (QED) is 0.288. The third kappa shape index (κ3) is 5.33. The van der Waals surface area contributed by atoms with Gasteiger partial charge in [-0.05, 0) is 69.7 Å². The molecule has 0 spiro atoms. The highest BCUT2D eigenvalue weighted by Crippen LogP contribution is 2.26. The highest BCUT2D eigenvalue weighted by molar-refractivity contribution is 7.89. The second kappa shape index (κ2) is 10.9. The Morgan fingerprint density at radius 3 is 2.31 bits per heavy atom. The molecule has 0 radical (unpaired) electrons. The van der Waals surface area contributed by atoms with E-state index < -0.39 is 28.3 Å². The number of furan rings is 1. The number of ketones is 1. The van der Waals surface area contributed by atoms with Gasteiger partial charge in [-0.25, -0.2) is 13.2 Å². The van der Waals surface area contributed by atoms with Crippen molar-refractivity contribution in [2.75, 3.05) is 20.3 Å². The Bertz CT molecular complexity index is 1290. The van der Waals surface area contributed by atoms with Crippen LogP contribution < -0.4 is 4.74 Å². The van der Waals surface area contributed by atoms with Crippen molar-refractivity contribution in [3.8, 4) is 5.75 Å². The van der Waals surface area contributed by atoms with Crippen molar-refractivity contribution in [1.29, 1.82) is 0 Å². The molecule has 0 bridgehead atoms. The molecule has 35 heavy (non-hydrogen) atoms. The summed E-state index contributed by atoms with van der Waals surface area (Å²) in [5, 5.41) is 0. The number of hydrogen-bond acceptors (Lipinski definition) is 7. The Kier molecular flexibility index (Phi) is 8.18. The molecule has 3 rings (SSSR count). The van der Waals surface area contributed by atoms with Crippen molar-refractivity contribution < 1.29 is 31.9 Å². The molecule has 0 saturated carbocycles. The van der Waals surface area contributed by atoms with Crippen molar-refractivity contribution in [3.63, 3.8) is 0 Å². The van der Waals surface area contributed by atoms with E-state index in [2.05, 4.69) is 0 Å². The lowest BCUT2D eigenvalue weighted by atomic mass is 10.1. The topological polar surface area (TPSA) is 108 Å². The van der Waals surface area contributed by atoms with Crippen LogP contribution in [0.1, 0.15) is 51.7 Å². The van der Waals surface area contributed by atoms with Gasteiger partial charge in [-0.3, -0.25) is 4.79 Å². The van der Waals surface area contributed by atoms with Crippen LogP contribution in [0, 0.1) is 13.8 Å². The molecule has 0 unspecified atom stereocenters. The monoisotopic (exact) mass is 502 g/mol.